The first-order valence-corrected chi connectivity index (χ1v) is 21.7. The van der Waals surface area contributed by atoms with Gasteiger partial charge in [-0.2, -0.15) is 15.2 Å². The van der Waals surface area contributed by atoms with E-state index in [1.165, 1.54) is 0 Å². The molecule has 2 atom stereocenters. The summed E-state index contributed by atoms with van der Waals surface area (Å²) < 4.78 is 46.2. The fourth-order valence-corrected chi connectivity index (χ4v) is 22.6. The number of hydroxylamine groups is 6. The summed E-state index contributed by atoms with van der Waals surface area (Å²) >= 11 is 0. The van der Waals surface area contributed by atoms with Crippen molar-refractivity contribution in [3.8, 4) is 0 Å². The van der Waals surface area contributed by atoms with Crippen molar-refractivity contribution in [2.75, 3.05) is 39.3 Å². The summed E-state index contributed by atoms with van der Waals surface area (Å²) in [6.45, 7) is 26.4. The normalized spacial score (nSPS) is 33.6. The van der Waals surface area contributed by atoms with E-state index in [-0.39, 0.29) is 0 Å². The lowest BCUT2D eigenvalue weighted by Crippen LogP contribution is -2.71. The Morgan fingerprint density at radius 2 is 0.758 bits per heavy atom. The van der Waals surface area contributed by atoms with Crippen LogP contribution in [0.3, 0.4) is 0 Å². The molecule has 1 fully saturated rings. The van der Waals surface area contributed by atoms with E-state index in [4.69, 9.17) is 30.0 Å². The molecular weight excluding hydrogens is 495 g/mol. The van der Waals surface area contributed by atoms with E-state index >= 15 is 0 Å². The fourth-order valence-electron chi connectivity index (χ4n) is 3.97. The summed E-state index contributed by atoms with van der Waals surface area (Å²) in [6.07, 6.45) is 0.916. The highest BCUT2D eigenvalue weighted by Crippen LogP contribution is 2.35. The number of rotatable bonds is 14. The Morgan fingerprint density at radius 3 is 1.00 bits per heavy atom. The molecule has 1 aliphatic heterocycles. The minimum Gasteiger partial charge on any atom is -0.393 e. The SMILES string of the molecule is CCC[Si]1(C)O[Si](C)(ON(CC)CC)O[Si](C)(ON(CC)CC)O[Si](C)(ON(CC)CC)O1. The van der Waals surface area contributed by atoms with Crippen molar-refractivity contribution in [2.24, 2.45) is 0 Å². The van der Waals surface area contributed by atoms with Crippen molar-refractivity contribution >= 4 is 35.0 Å². The molecule has 0 aliphatic carbocycles. The number of hydrogen-bond acceptors (Lipinski definition) is 10. The molecule has 0 N–H and O–H groups in total. The van der Waals surface area contributed by atoms with Crippen LogP contribution in [0.25, 0.3) is 0 Å². The minimum absolute atomic E-state index is 0.695. The van der Waals surface area contributed by atoms with Crippen LogP contribution in [0, 0.1) is 0 Å². The third-order valence-electron chi connectivity index (χ3n) is 5.25. The molecule has 0 saturated carbocycles. The Kier molecular flexibility index (Phi) is 13.1. The summed E-state index contributed by atoms with van der Waals surface area (Å²) in [6, 6.07) is 0.781. The van der Waals surface area contributed by atoms with Crippen LogP contribution in [0.2, 0.25) is 32.2 Å². The zero-order valence-electron chi connectivity index (χ0n) is 22.9. The summed E-state index contributed by atoms with van der Waals surface area (Å²) in [5.41, 5.74) is 0. The Balaban J connectivity index is 3.48. The second-order valence-corrected chi connectivity index (χ2v) is 20.3. The van der Waals surface area contributed by atoms with Gasteiger partial charge in [0.15, 0.2) is 0 Å². The molecule has 2 unspecified atom stereocenters. The zero-order valence-corrected chi connectivity index (χ0v) is 26.9. The highest BCUT2D eigenvalue weighted by molar-refractivity contribution is 6.89. The Morgan fingerprint density at radius 1 is 0.485 bits per heavy atom. The Bertz CT molecular complexity index is 542. The zero-order chi connectivity index (χ0) is 25.3. The van der Waals surface area contributed by atoms with Crippen LogP contribution in [0.5, 0.6) is 0 Å². The monoisotopic (exact) mass is 543 g/mol. The van der Waals surface area contributed by atoms with E-state index in [0.717, 1.165) is 12.5 Å². The molecule has 0 bridgehead atoms. The summed E-state index contributed by atoms with van der Waals surface area (Å²) in [5.74, 6) is 0. The van der Waals surface area contributed by atoms with Crippen LogP contribution in [0.15, 0.2) is 0 Å². The minimum atomic E-state index is -3.35. The lowest BCUT2D eigenvalue weighted by molar-refractivity contribution is -0.143. The molecule has 198 valence electrons. The summed E-state index contributed by atoms with van der Waals surface area (Å²) in [7, 11) is -12.6. The van der Waals surface area contributed by atoms with Crippen molar-refractivity contribution in [1.29, 1.82) is 0 Å². The average Bonchev–Trinajstić information content (AvgIpc) is 2.72. The molecule has 1 aliphatic rings. The molecule has 0 aromatic heterocycles. The maximum absolute atomic E-state index is 6.79. The molecule has 1 rings (SSSR count). The lowest BCUT2D eigenvalue weighted by atomic mass is 10.6. The maximum atomic E-state index is 6.79. The second kappa shape index (κ2) is 13.7. The standard InChI is InChI=1S/C19H49N3O7Si4/c1-12-19-30(8)26-31(9,23-20(13-2)14-3)28-33(11,25-22(17-6)18-7)29-32(10,27-30)24-21(15-4)16-5/h12-19H2,1-11H3. The van der Waals surface area contributed by atoms with Crippen molar-refractivity contribution < 1.29 is 30.0 Å². The third-order valence-corrected chi connectivity index (χ3v) is 20.8. The van der Waals surface area contributed by atoms with Crippen LogP contribution in [0.4, 0.5) is 0 Å². The van der Waals surface area contributed by atoms with Gasteiger partial charge in [0.2, 0.25) is 0 Å². The second-order valence-electron chi connectivity index (χ2n) is 8.50. The predicted octanol–water partition coefficient (Wildman–Crippen LogP) is 4.07. The lowest BCUT2D eigenvalue weighted by Gasteiger charge is -2.49. The largest absolute Gasteiger partial charge is 0.500 e. The quantitative estimate of drug-likeness (QED) is 0.236. The van der Waals surface area contributed by atoms with Gasteiger partial charge in [-0.05, 0) is 12.6 Å². The van der Waals surface area contributed by atoms with Gasteiger partial charge in [0.25, 0.3) is 0 Å². The van der Waals surface area contributed by atoms with Crippen LogP contribution in [-0.4, -0.2) is 89.4 Å². The summed E-state index contributed by atoms with van der Waals surface area (Å²) in [5, 5.41) is 5.57. The molecule has 0 amide bonds. The van der Waals surface area contributed by atoms with E-state index in [2.05, 4.69) is 13.5 Å². The van der Waals surface area contributed by atoms with Gasteiger partial charge in [0, 0.05) is 58.9 Å². The van der Waals surface area contributed by atoms with Gasteiger partial charge < -0.3 is 16.5 Å². The van der Waals surface area contributed by atoms with Gasteiger partial charge >= 0.3 is 35.0 Å². The van der Waals surface area contributed by atoms with Crippen molar-refractivity contribution in [2.45, 2.75) is 87.1 Å². The van der Waals surface area contributed by atoms with Crippen LogP contribution < -0.4 is 0 Å². The molecule has 0 aromatic carbocycles. The van der Waals surface area contributed by atoms with E-state index in [1.54, 1.807) is 0 Å². The molecule has 0 spiro atoms. The van der Waals surface area contributed by atoms with Gasteiger partial charge in [-0.1, -0.05) is 54.9 Å². The molecular formula is C19H49N3O7Si4. The van der Waals surface area contributed by atoms with Crippen molar-refractivity contribution in [3.63, 3.8) is 0 Å². The van der Waals surface area contributed by atoms with Crippen molar-refractivity contribution in [1.82, 2.24) is 15.2 Å². The van der Waals surface area contributed by atoms with Crippen LogP contribution in [0.1, 0.15) is 54.9 Å². The Labute approximate surface area is 206 Å². The predicted molar refractivity (Wildman–Crippen MR) is 138 cm³/mol. The molecule has 1 heterocycles. The van der Waals surface area contributed by atoms with Crippen LogP contribution >= 0.6 is 0 Å². The first kappa shape index (κ1) is 31.5. The van der Waals surface area contributed by atoms with Gasteiger partial charge in [-0.3, -0.25) is 13.6 Å². The highest BCUT2D eigenvalue weighted by atomic mass is 28.5. The third kappa shape index (κ3) is 9.80. The fraction of sp³-hybridized carbons (Fsp3) is 1.00. The van der Waals surface area contributed by atoms with Crippen LogP contribution in [-0.2, 0) is 30.0 Å². The maximum Gasteiger partial charge on any atom is 0.500 e. The van der Waals surface area contributed by atoms with Gasteiger partial charge in [0.05, 0.1) is 0 Å². The van der Waals surface area contributed by atoms with E-state index in [0.29, 0.717) is 39.3 Å². The summed E-state index contributed by atoms with van der Waals surface area (Å²) in [4.78, 5) is 0. The van der Waals surface area contributed by atoms with Crippen molar-refractivity contribution in [3.05, 3.63) is 0 Å². The first-order chi connectivity index (χ1) is 15.4. The molecule has 0 radical (unpaired) electrons. The van der Waals surface area contributed by atoms with E-state index in [9.17, 15) is 0 Å². The van der Waals surface area contributed by atoms with E-state index in [1.807, 2.05) is 76.4 Å². The van der Waals surface area contributed by atoms with E-state index < -0.39 is 35.0 Å². The molecule has 10 nitrogen and oxygen atoms in total. The highest BCUT2D eigenvalue weighted by Gasteiger charge is 2.63. The molecule has 0 aromatic rings. The Hall–Kier alpha value is 0.468. The average molecular weight is 544 g/mol. The topological polar surface area (TPSA) is 74.3 Å². The van der Waals surface area contributed by atoms with Gasteiger partial charge in [0.1, 0.15) is 0 Å². The molecule has 14 heteroatoms. The number of nitrogens with zero attached hydrogens (tertiary/aromatic N) is 3. The first-order valence-electron chi connectivity index (χ1n) is 12.5. The molecule has 1 saturated heterocycles. The van der Waals surface area contributed by atoms with Gasteiger partial charge in [-0.15, -0.1) is 0 Å². The molecule has 33 heavy (non-hydrogen) atoms. The van der Waals surface area contributed by atoms with Gasteiger partial charge in [-0.25, -0.2) is 0 Å². The number of hydrogen-bond donors (Lipinski definition) is 0. The smallest absolute Gasteiger partial charge is 0.393 e.